The number of rotatable bonds is 3. The molecule has 35 heavy (non-hydrogen) atoms. The van der Waals surface area contributed by atoms with E-state index in [1.54, 1.807) is 22.2 Å². The van der Waals surface area contributed by atoms with E-state index in [0.29, 0.717) is 26.2 Å². The van der Waals surface area contributed by atoms with Gasteiger partial charge in [-0.3, -0.25) is 14.4 Å². The van der Waals surface area contributed by atoms with Crippen LogP contribution in [0.4, 0.5) is 0 Å². The summed E-state index contributed by atoms with van der Waals surface area (Å²) in [6.45, 7) is 2.35. The molecule has 1 saturated carbocycles. The highest BCUT2D eigenvalue weighted by molar-refractivity contribution is 5.99. The number of nitrogens with one attached hydrogen (secondary N) is 1. The number of benzene rings is 1. The van der Waals surface area contributed by atoms with Crippen LogP contribution in [0.1, 0.15) is 83.0 Å². The number of carbonyl (C=O) groups excluding carboxylic acids is 2. The highest BCUT2D eigenvalue weighted by atomic mass is 16.2. The summed E-state index contributed by atoms with van der Waals surface area (Å²) >= 11 is 0. The van der Waals surface area contributed by atoms with Gasteiger partial charge in [-0.25, -0.2) is 0 Å². The lowest BCUT2D eigenvalue weighted by atomic mass is 10.0. The molecule has 1 aromatic carbocycles. The molecule has 182 valence electrons. The number of piperidine rings is 1. The normalized spacial score (nSPS) is 18.7. The van der Waals surface area contributed by atoms with Crippen molar-refractivity contribution in [2.45, 2.75) is 64.0 Å². The van der Waals surface area contributed by atoms with E-state index < -0.39 is 5.43 Å². The predicted octanol–water partition coefficient (Wildman–Crippen LogP) is 4.27. The van der Waals surface area contributed by atoms with E-state index in [1.165, 1.54) is 10.9 Å². The third-order valence-corrected chi connectivity index (χ3v) is 8.07. The van der Waals surface area contributed by atoms with E-state index in [9.17, 15) is 14.4 Å². The number of para-hydroxylation sites is 1. The Labute approximate surface area is 204 Å². The predicted molar refractivity (Wildman–Crippen MR) is 135 cm³/mol. The number of aromatic nitrogens is 2. The molecule has 2 aromatic heterocycles. The Balaban J connectivity index is 1.35. The van der Waals surface area contributed by atoms with Gasteiger partial charge in [0, 0.05) is 54.7 Å². The smallest absolute Gasteiger partial charge is 0.259 e. The Morgan fingerprint density at radius 1 is 0.829 bits per heavy atom. The van der Waals surface area contributed by atoms with E-state index in [-0.39, 0.29) is 29.0 Å². The Kier molecular flexibility index (Phi) is 5.71. The van der Waals surface area contributed by atoms with Crippen LogP contribution in [-0.4, -0.2) is 50.8 Å². The third kappa shape index (κ3) is 3.97. The van der Waals surface area contributed by atoms with Crippen LogP contribution in [0.2, 0.25) is 0 Å². The molecule has 3 aliphatic rings. The summed E-state index contributed by atoms with van der Waals surface area (Å²) in [4.78, 5) is 47.7. The van der Waals surface area contributed by atoms with E-state index in [2.05, 4.69) is 17.1 Å². The summed E-state index contributed by atoms with van der Waals surface area (Å²) in [5.41, 5.74) is 3.20. The Morgan fingerprint density at radius 3 is 2.26 bits per heavy atom. The number of pyridine rings is 1. The molecule has 3 aromatic rings. The molecule has 7 heteroatoms. The van der Waals surface area contributed by atoms with Crippen molar-refractivity contribution in [2.75, 3.05) is 19.6 Å². The van der Waals surface area contributed by atoms with Gasteiger partial charge in [0.05, 0.1) is 6.54 Å². The summed E-state index contributed by atoms with van der Waals surface area (Å²) in [6.07, 6.45) is 11.5. The van der Waals surface area contributed by atoms with Gasteiger partial charge in [0.2, 0.25) is 5.43 Å². The number of hydrogen-bond acceptors (Lipinski definition) is 3. The van der Waals surface area contributed by atoms with Gasteiger partial charge in [0.15, 0.2) is 0 Å². The Bertz CT molecular complexity index is 1340. The van der Waals surface area contributed by atoms with Gasteiger partial charge in [-0.05, 0) is 50.2 Å². The molecular formula is C28H32N4O3. The largest absolute Gasteiger partial charge is 0.357 e. The fourth-order valence-corrected chi connectivity index (χ4v) is 6.12. The first-order valence-corrected chi connectivity index (χ1v) is 13.0. The second-order valence-corrected chi connectivity index (χ2v) is 10.3. The Morgan fingerprint density at radius 2 is 1.51 bits per heavy atom. The molecule has 0 spiro atoms. The lowest BCUT2D eigenvalue weighted by Crippen LogP contribution is -2.42. The summed E-state index contributed by atoms with van der Waals surface area (Å²) in [6, 6.07) is 8.43. The van der Waals surface area contributed by atoms with E-state index in [0.717, 1.165) is 62.6 Å². The fraction of sp³-hybridized carbons (Fsp3) is 0.464. The molecular weight excluding hydrogens is 440 g/mol. The maximum absolute atomic E-state index is 13.7. The van der Waals surface area contributed by atoms with Crippen LogP contribution < -0.4 is 5.43 Å². The van der Waals surface area contributed by atoms with Gasteiger partial charge in [-0.1, -0.05) is 31.0 Å². The first-order chi connectivity index (χ1) is 17.1. The van der Waals surface area contributed by atoms with Gasteiger partial charge in [0.25, 0.3) is 11.8 Å². The standard InChI is InChI=1S/C28H32N4O3/c33-26-22(27(34)30-13-6-1-7-14-30)16-32(19-8-2-3-9-19)17-23(26)28(35)31-15-12-21-20-10-4-5-11-24(20)29-25(21)18-31/h4-5,10-11,16-17,19,29H,1-3,6-9,12-15,18H2. The van der Waals surface area contributed by atoms with E-state index >= 15 is 0 Å². The summed E-state index contributed by atoms with van der Waals surface area (Å²) < 4.78 is 1.98. The second kappa shape index (κ2) is 9.02. The number of nitrogens with zero attached hydrogens (tertiary/aromatic N) is 3. The first kappa shape index (κ1) is 22.1. The van der Waals surface area contributed by atoms with Crippen molar-refractivity contribution in [2.24, 2.45) is 0 Å². The SMILES string of the molecule is O=C(c1cn(C2CCCC2)cc(C(=O)N2CCc3c([nH]c4ccccc34)C2)c1=O)N1CCCCC1. The number of amides is 2. The van der Waals surface area contributed by atoms with Gasteiger partial charge in [-0.2, -0.15) is 0 Å². The molecule has 2 amide bonds. The second-order valence-electron chi connectivity index (χ2n) is 10.3. The minimum Gasteiger partial charge on any atom is -0.357 e. The molecule has 1 aliphatic carbocycles. The van der Waals surface area contributed by atoms with Crippen molar-refractivity contribution in [3.8, 4) is 0 Å². The van der Waals surface area contributed by atoms with Crippen molar-refractivity contribution >= 4 is 22.7 Å². The monoisotopic (exact) mass is 472 g/mol. The number of carbonyl (C=O) groups is 2. The molecule has 2 fully saturated rings. The van der Waals surface area contributed by atoms with Crippen LogP contribution in [0.5, 0.6) is 0 Å². The average Bonchev–Trinajstić information content (AvgIpc) is 3.56. The number of hydrogen-bond donors (Lipinski definition) is 1. The van der Waals surface area contributed by atoms with E-state index in [1.807, 2.05) is 16.7 Å². The average molecular weight is 473 g/mol. The fourth-order valence-electron chi connectivity index (χ4n) is 6.12. The number of aromatic amines is 1. The molecule has 7 nitrogen and oxygen atoms in total. The molecule has 6 rings (SSSR count). The Hall–Kier alpha value is -3.35. The molecule has 0 unspecified atom stereocenters. The molecule has 0 atom stereocenters. The van der Waals surface area contributed by atoms with E-state index in [4.69, 9.17) is 0 Å². The quantitative estimate of drug-likeness (QED) is 0.618. The topological polar surface area (TPSA) is 78.4 Å². The summed E-state index contributed by atoms with van der Waals surface area (Å²) in [7, 11) is 0. The van der Waals surface area contributed by atoms with Gasteiger partial charge >= 0.3 is 0 Å². The maximum Gasteiger partial charge on any atom is 0.259 e. The van der Waals surface area contributed by atoms with Crippen molar-refractivity contribution in [1.82, 2.24) is 19.4 Å². The summed E-state index contributed by atoms with van der Waals surface area (Å²) in [5.74, 6) is -0.507. The molecule has 0 radical (unpaired) electrons. The van der Waals surface area contributed by atoms with Crippen LogP contribution in [-0.2, 0) is 13.0 Å². The van der Waals surface area contributed by atoms with Gasteiger partial charge < -0.3 is 19.4 Å². The zero-order chi connectivity index (χ0) is 23.9. The minimum atomic E-state index is -0.428. The van der Waals surface area contributed by atoms with Crippen LogP contribution in [0.3, 0.4) is 0 Å². The molecule has 1 saturated heterocycles. The lowest BCUT2D eigenvalue weighted by molar-refractivity contribution is 0.0720. The van der Waals surface area contributed by atoms with Crippen LogP contribution in [0.15, 0.2) is 41.5 Å². The van der Waals surface area contributed by atoms with Crippen LogP contribution in [0.25, 0.3) is 10.9 Å². The molecule has 2 aliphatic heterocycles. The number of H-pyrrole nitrogens is 1. The van der Waals surface area contributed by atoms with Crippen molar-refractivity contribution in [1.29, 1.82) is 0 Å². The van der Waals surface area contributed by atoms with Crippen molar-refractivity contribution in [3.05, 3.63) is 69.3 Å². The first-order valence-electron chi connectivity index (χ1n) is 13.0. The minimum absolute atomic E-state index is 0.124. The zero-order valence-electron chi connectivity index (χ0n) is 20.1. The number of likely N-dealkylation sites (tertiary alicyclic amines) is 1. The van der Waals surface area contributed by atoms with Gasteiger partial charge in [-0.15, -0.1) is 0 Å². The summed E-state index contributed by atoms with van der Waals surface area (Å²) in [5, 5.41) is 1.20. The van der Waals surface area contributed by atoms with Gasteiger partial charge in [0.1, 0.15) is 11.1 Å². The van der Waals surface area contributed by atoms with Crippen molar-refractivity contribution in [3.63, 3.8) is 0 Å². The van der Waals surface area contributed by atoms with Crippen molar-refractivity contribution < 1.29 is 9.59 Å². The maximum atomic E-state index is 13.7. The molecule has 0 bridgehead atoms. The molecule has 4 heterocycles. The molecule has 1 N–H and O–H groups in total. The highest BCUT2D eigenvalue weighted by Gasteiger charge is 2.30. The highest BCUT2D eigenvalue weighted by Crippen LogP contribution is 2.31. The van der Waals surface area contributed by atoms with Crippen LogP contribution in [0, 0.1) is 0 Å². The zero-order valence-corrected chi connectivity index (χ0v) is 20.1. The number of fused-ring (bicyclic) bond motifs is 3. The third-order valence-electron chi connectivity index (χ3n) is 8.07. The lowest BCUT2D eigenvalue weighted by Gasteiger charge is -2.29. The van der Waals surface area contributed by atoms with Crippen LogP contribution >= 0.6 is 0 Å².